The van der Waals surface area contributed by atoms with Gasteiger partial charge in [0, 0.05) is 12.2 Å². The highest BCUT2D eigenvalue weighted by Crippen LogP contribution is 2.15. The average Bonchev–Trinajstić information content (AvgIpc) is 2.53. The summed E-state index contributed by atoms with van der Waals surface area (Å²) in [5, 5.41) is 3.37. The average molecular weight is 283 g/mol. The zero-order valence-electron chi connectivity index (χ0n) is 12.6. The molecule has 0 spiro atoms. The molecule has 0 aliphatic carbocycles. The van der Waals surface area contributed by atoms with Gasteiger partial charge in [0.05, 0.1) is 12.2 Å². The SMILES string of the molecule is CCOC(=O)c1cccc(NCc2ccccc2CC)c1. The lowest BCUT2D eigenvalue weighted by molar-refractivity contribution is 0.0526. The Balaban J connectivity index is 2.06. The summed E-state index contributed by atoms with van der Waals surface area (Å²) in [7, 11) is 0. The number of ether oxygens (including phenoxy) is 1. The van der Waals surface area contributed by atoms with Crippen molar-refractivity contribution in [3.05, 3.63) is 65.2 Å². The number of carbonyl (C=O) groups excluding carboxylic acids is 1. The van der Waals surface area contributed by atoms with Gasteiger partial charge in [0.15, 0.2) is 0 Å². The molecule has 0 saturated heterocycles. The molecule has 0 unspecified atom stereocenters. The first kappa shape index (κ1) is 15.1. The summed E-state index contributed by atoms with van der Waals surface area (Å²) in [4.78, 5) is 11.7. The molecule has 0 saturated carbocycles. The van der Waals surface area contributed by atoms with Crippen LogP contribution in [0.4, 0.5) is 5.69 Å². The Morgan fingerprint density at radius 2 is 1.81 bits per heavy atom. The fraction of sp³-hybridized carbons (Fsp3) is 0.278. The van der Waals surface area contributed by atoms with Crippen LogP contribution in [-0.4, -0.2) is 12.6 Å². The Morgan fingerprint density at radius 1 is 1.05 bits per heavy atom. The fourth-order valence-electron chi connectivity index (χ4n) is 2.24. The van der Waals surface area contributed by atoms with E-state index in [2.05, 4.69) is 30.4 Å². The number of carbonyl (C=O) groups is 1. The van der Waals surface area contributed by atoms with E-state index in [-0.39, 0.29) is 5.97 Å². The van der Waals surface area contributed by atoms with Crippen molar-refractivity contribution in [2.75, 3.05) is 11.9 Å². The molecule has 2 aromatic rings. The van der Waals surface area contributed by atoms with E-state index in [1.165, 1.54) is 11.1 Å². The third-order valence-corrected chi connectivity index (χ3v) is 3.36. The normalized spacial score (nSPS) is 10.2. The Labute approximate surface area is 126 Å². The maximum atomic E-state index is 11.7. The fourth-order valence-corrected chi connectivity index (χ4v) is 2.24. The van der Waals surface area contributed by atoms with Gasteiger partial charge >= 0.3 is 5.97 Å². The first-order chi connectivity index (χ1) is 10.2. The second-order valence-electron chi connectivity index (χ2n) is 4.78. The Bertz CT molecular complexity index is 608. The summed E-state index contributed by atoms with van der Waals surface area (Å²) < 4.78 is 5.02. The largest absolute Gasteiger partial charge is 0.462 e. The van der Waals surface area contributed by atoms with Crippen molar-refractivity contribution in [2.45, 2.75) is 26.8 Å². The van der Waals surface area contributed by atoms with E-state index in [1.54, 1.807) is 6.07 Å². The quantitative estimate of drug-likeness (QED) is 0.813. The van der Waals surface area contributed by atoms with E-state index in [4.69, 9.17) is 4.74 Å². The highest BCUT2D eigenvalue weighted by Gasteiger charge is 2.07. The van der Waals surface area contributed by atoms with Gasteiger partial charge in [-0.15, -0.1) is 0 Å². The van der Waals surface area contributed by atoms with Crippen molar-refractivity contribution < 1.29 is 9.53 Å². The van der Waals surface area contributed by atoms with Gasteiger partial charge in [-0.2, -0.15) is 0 Å². The van der Waals surface area contributed by atoms with Crippen molar-refractivity contribution in [3.63, 3.8) is 0 Å². The number of anilines is 1. The van der Waals surface area contributed by atoms with E-state index in [1.807, 2.05) is 31.2 Å². The number of benzene rings is 2. The summed E-state index contributed by atoms with van der Waals surface area (Å²) in [6.45, 7) is 5.10. The Kier molecular flexibility index (Phi) is 5.38. The van der Waals surface area contributed by atoms with Gasteiger partial charge in [-0.25, -0.2) is 4.79 Å². The van der Waals surface area contributed by atoms with Gasteiger partial charge in [-0.1, -0.05) is 37.3 Å². The van der Waals surface area contributed by atoms with Crippen molar-refractivity contribution in [1.29, 1.82) is 0 Å². The predicted molar refractivity (Wildman–Crippen MR) is 85.5 cm³/mol. The van der Waals surface area contributed by atoms with Gasteiger partial charge in [-0.3, -0.25) is 0 Å². The lowest BCUT2D eigenvalue weighted by atomic mass is 10.1. The number of esters is 1. The van der Waals surface area contributed by atoms with E-state index in [0.717, 1.165) is 18.7 Å². The maximum Gasteiger partial charge on any atom is 0.338 e. The van der Waals surface area contributed by atoms with Crippen LogP contribution in [0.1, 0.15) is 35.3 Å². The molecule has 0 aliphatic rings. The van der Waals surface area contributed by atoms with Crippen LogP contribution in [0.5, 0.6) is 0 Å². The predicted octanol–water partition coefficient (Wildman–Crippen LogP) is 4.04. The first-order valence-corrected chi connectivity index (χ1v) is 7.32. The highest BCUT2D eigenvalue weighted by atomic mass is 16.5. The second kappa shape index (κ2) is 7.48. The smallest absolute Gasteiger partial charge is 0.338 e. The molecule has 0 atom stereocenters. The molecule has 2 aromatic carbocycles. The van der Waals surface area contributed by atoms with Crippen LogP contribution in [0.2, 0.25) is 0 Å². The van der Waals surface area contributed by atoms with Gasteiger partial charge in [0.1, 0.15) is 0 Å². The summed E-state index contributed by atoms with van der Waals surface area (Å²) in [5.41, 5.74) is 4.12. The maximum absolute atomic E-state index is 11.7. The Morgan fingerprint density at radius 3 is 2.52 bits per heavy atom. The topological polar surface area (TPSA) is 38.3 Å². The standard InChI is InChI=1S/C18H21NO2/c1-3-14-8-5-6-9-16(14)13-19-17-11-7-10-15(12-17)18(20)21-4-2/h5-12,19H,3-4,13H2,1-2H3. The van der Waals surface area contributed by atoms with Gasteiger partial charge in [0.25, 0.3) is 0 Å². The molecule has 21 heavy (non-hydrogen) atoms. The minimum Gasteiger partial charge on any atom is -0.462 e. The summed E-state index contributed by atoms with van der Waals surface area (Å²) >= 11 is 0. The molecule has 1 N–H and O–H groups in total. The van der Waals surface area contributed by atoms with Crippen molar-refractivity contribution in [2.24, 2.45) is 0 Å². The number of aryl methyl sites for hydroxylation is 1. The molecule has 2 rings (SSSR count). The molecule has 110 valence electrons. The minimum absolute atomic E-state index is 0.282. The molecular formula is C18H21NO2. The number of hydrogen-bond acceptors (Lipinski definition) is 3. The first-order valence-electron chi connectivity index (χ1n) is 7.32. The molecule has 0 bridgehead atoms. The van der Waals surface area contributed by atoms with E-state index in [0.29, 0.717) is 12.2 Å². The van der Waals surface area contributed by atoms with Crippen LogP contribution >= 0.6 is 0 Å². The lowest BCUT2D eigenvalue weighted by Crippen LogP contribution is -2.06. The number of hydrogen-bond donors (Lipinski definition) is 1. The van der Waals surface area contributed by atoms with Crippen LogP contribution in [0, 0.1) is 0 Å². The van der Waals surface area contributed by atoms with Gasteiger partial charge in [-0.05, 0) is 42.7 Å². The minimum atomic E-state index is -0.282. The number of rotatable bonds is 6. The van der Waals surface area contributed by atoms with Crippen LogP contribution in [0.15, 0.2) is 48.5 Å². The molecule has 0 aliphatic heterocycles. The molecule has 0 radical (unpaired) electrons. The summed E-state index contributed by atoms with van der Waals surface area (Å²) in [5.74, 6) is -0.282. The third kappa shape index (κ3) is 4.09. The van der Waals surface area contributed by atoms with Crippen LogP contribution in [0.25, 0.3) is 0 Å². The van der Waals surface area contributed by atoms with E-state index < -0.39 is 0 Å². The van der Waals surface area contributed by atoms with Gasteiger partial charge < -0.3 is 10.1 Å². The molecule has 0 amide bonds. The molecule has 3 nitrogen and oxygen atoms in total. The van der Waals surface area contributed by atoms with E-state index in [9.17, 15) is 4.79 Å². The van der Waals surface area contributed by atoms with Crippen molar-refractivity contribution >= 4 is 11.7 Å². The van der Waals surface area contributed by atoms with Crippen LogP contribution < -0.4 is 5.32 Å². The molecule has 0 fully saturated rings. The van der Waals surface area contributed by atoms with Crippen molar-refractivity contribution in [1.82, 2.24) is 0 Å². The molecular weight excluding hydrogens is 262 g/mol. The second-order valence-corrected chi connectivity index (χ2v) is 4.78. The van der Waals surface area contributed by atoms with Crippen LogP contribution in [0.3, 0.4) is 0 Å². The zero-order valence-corrected chi connectivity index (χ0v) is 12.6. The third-order valence-electron chi connectivity index (χ3n) is 3.36. The monoisotopic (exact) mass is 283 g/mol. The number of nitrogens with one attached hydrogen (secondary N) is 1. The lowest BCUT2D eigenvalue weighted by Gasteiger charge is -2.11. The Hall–Kier alpha value is -2.29. The van der Waals surface area contributed by atoms with E-state index >= 15 is 0 Å². The van der Waals surface area contributed by atoms with Gasteiger partial charge in [0.2, 0.25) is 0 Å². The van der Waals surface area contributed by atoms with Crippen LogP contribution in [-0.2, 0) is 17.7 Å². The molecule has 0 aromatic heterocycles. The zero-order chi connectivity index (χ0) is 15.1. The molecule has 3 heteroatoms. The molecule has 0 heterocycles. The summed E-state index contributed by atoms with van der Waals surface area (Å²) in [6, 6.07) is 15.8. The highest BCUT2D eigenvalue weighted by molar-refractivity contribution is 5.90. The summed E-state index contributed by atoms with van der Waals surface area (Å²) in [6.07, 6.45) is 1.01. The van der Waals surface area contributed by atoms with Crippen molar-refractivity contribution in [3.8, 4) is 0 Å².